The molecule has 5 heteroatoms. The van der Waals surface area contributed by atoms with Gasteiger partial charge >= 0.3 is 6.03 Å². The van der Waals surface area contributed by atoms with Crippen LogP contribution in [0.4, 0.5) is 4.79 Å². The van der Waals surface area contributed by atoms with E-state index in [4.69, 9.17) is 5.73 Å². The molecule has 1 aliphatic heterocycles. The molecule has 0 aromatic heterocycles. The van der Waals surface area contributed by atoms with Gasteiger partial charge in [0.25, 0.3) is 0 Å². The maximum Gasteiger partial charge on any atom is 0.317 e. The highest BCUT2D eigenvalue weighted by atomic mass is 16.2. The molecule has 0 spiro atoms. The van der Waals surface area contributed by atoms with Crippen molar-refractivity contribution in [3.8, 4) is 0 Å². The van der Waals surface area contributed by atoms with Crippen LogP contribution in [-0.2, 0) is 4.79 Å². The third kappa shape index (κ3) is 3.08. The summed E-state index contributed by atoms with van der Waals surface area (Å²) in [4.78, 5) is 25.1. The van der Waals surface area contributed by atoms with Crippen LogP contribution in [-0.4, -0.2) is 36.0 Å². The maximum atomic E-state index is 12.3. The van der Waals surface area contributed by atoms with E-state index < -0.39 is 0 Å². The van der Waals surface area contributed by atoms with E-state index in [-0.39, 0.29) is 23.9 Å². The van der Waals surface area contributed by atoms with Crippen LogP contribution in [0.5, 0.6) is 0 Å². The minimum Gasteiger partial charge on any atom is -0.369 e. The summed E-state index contributed by atoms with van der Waals surface area (Å²) in [7, 11) is 0. The molecule has 0 unspecified atom stereocenters. The Labute approximate surface area is 130 Å². The van der Waals surface area contributed by atoms with E-state index in [2.05, 4.69) is 36.5 Å². The first kappa shape index (κ1) is 14.9. The number of benzene rings is 1. The van der Waals surface area contributed by atoms with Gasteiger partial charge in [-0.1, -0.05) is 30.3 Å². The molecule has 2 aliphatic rings. The lowest BCUT2D eigenvalue weighted by Gasteiger charge is -2.21. The molecule has 0 radical (unpaired) electrons. The first-order valence-electron chi connectivity index (χ1n) is 7.96. The maximum absolute atomic E-state index is 12.3. The van der Waals surface area contributed by atoms with Gasteiger partial charge in [0.15, 0.2) is 0 Å². The van der Waals surface area contributed by atoms with Crippen molar-refractivity contribution in [2.24, 2.45) is 17.6 Å². The Balaban J connectivity index is 1.50. The second-order valence-corrected chi connectivity index (χ2v) is 6.49. The highest BCUT2D eigenvalue weighted by Crippen LogP contribution is 2.49. The lowest BCUT2D eigenvalue weighted by molar-refractivity contribution is -0.121. The number of urea groups is 1. The van der Waals surface area contributed by atoms with E-state index >= 15 is 0 Å². The predicted molar refractivity (Wildman–Crippen MR) is 84.2 cm³/mol. The average molecular weight is 301 g/mol. The molecule has 1 saturated carbocycles. The van der Waals surface area contributed by atoms with Crippen molar-refractivity contribution in [1.82, 2.24) is 10.2 Å². The fraction of sp³-hybridized carbons (Fsp3) is 0.529. The fourth-order valence-corrected chi connectivity index (χ4v) is 3.42. The van der Waals surface area contributed by atoms with Crippen LogP contribution in [0.1, 0.15) is 31.2 Å². The number of likely N-dealkylation sites (tertiary alicyclic amines) is 1. The molecule has 2 fully saturated rings. The first-order valence-corrected chi connectivity index (χ1v) is 7.96. The predicted octanol–water partition coefficient (Wildman–Crippen LogP) is 1.70. The zero-order valence-electron chi connectivity index (χ0n) is 12.9. The van der Waals surface area contributed by atoms with Crippen LogP contribution in [0.2, 0.25) is 0 Å². The van der Waals surface area contributed by atoms with E-state index in [0.717, 1.165) is 6.42 Å². The number of carbonyl (C=O) groups excluding carboxylic acids is 2. The zero-order chi connectivity index (χ0) is 15.7. The number of hydrogen-bond acceptors (Lipinski definition) is 2. The Morgan fingerprint density at radius 1 is 1.32 bits per heavy atom. The largest absolute Gasteiger partial charge is 0.369 e. The van der Waals surface area contributed by atoms with Crippen molar-refractivity contribution in [3.63, 3.8) is 0 Å². The third-order valence-electron chi connectivity index (χ3n) is 4.94. The summed E-state index contributed by atoms with van der Waals surface area (Å²) >= 11 is 0. The second-order valence-electron chi connectivity index (χ2n) is 6.49. The Hall–Kier alpha value is -2.04. The summed E-state index contributed by atoms with van der Waals surface area (Å²) < 4.78 is 0. The quantitative estimate of drug-likeness (QED) is 0.888. The molecule has 1 saturated heterocycles. The van der Waals surface area contributed by atoms with Crippen molar-refractivity contribution >= 4 is 11.9 Å². The Morgan fingerprint density at radius 3 is 2.68 bits per heavy atom. The van der Waals surface area contributed by atoms with Crippen molar-refractivity contribution in [3.05, 3.63) is 35.9 Å². The molecule has 0 bridgehead atoms. The molecule has 5 nitrogen and oxygen atoms in total. The topological polar surface area (TPSA) is 75.4 Å². The van der Waals surface area contributed by atoms with Crippen LogP contribution in [0.25, 0.3) is 0 Å². The fourth-order valence-electron chi connectivity index (χ4n) is 3.42. The highest BCUT2D eigenvalue weighted by Gasteiger charge is 2.43. The van der Waals surface area contributed by atoms with Gasteiger partial charge in [-0.3, -0.25) is 4.79 Å². The van der Waals surface area contributed by atoms with Crippen LogP contribution < -0.4 is 11.1 Å². The van der Waals surface area contributed by atoms with Gasteiger partial charge in [-0.2, -0.15) is 0 Å². The molecule has 4 atom stereocenters. The van der Waals surface area contributed by atoms with Crippen molar-refractivity contribution in [2.45, 2.75) is 31.7 Å². The normalized spacial score (nSPS) is 28.2. The molecule has 1 aliphatic carbocycles. The van der Waals surface area contributed by atoms with Gasteiger partial charge in [-0.25, -0.2) is 4.79 Å². The Kier molecular flexibility index (Phi) is 4.05. The minimum atomic E-state index is -0.310. The van der Waals surface area contributed by atoms with Crippen LogP contribution >= 0.6 is 0 Å². The van der Waals surface area contributed by atoms with Gasteiger partial charge in [0, 0.05) is 19.1 Å². The van der Waals surface area contributed by atoms with Gasteiger partial charge in [0.05, 0.1) is 5.92 Å². The third-order valence-corrected chi connectivity index (χ3v) is 4.94. The van der Waals surface area contributed by atoms with E-state index in [1.807, 2.05) is 6.07 Å². The molecule has 1 aromatic rings. The summed E-state index contributed by atoms with van der Waals surface area (Å²) in [6.07, 6.45) is 1.79. The van der Waals surface area contributed by atoms with Gasteiger partial charge in [-0.15, -0.1) is 0 Å². The highest BCUT2D eigenvalue weighted by molar-refractivity contribution is 5.80. The number of nitrogens with one attached hydrogen (secondary N) is 1. The summed E-state index contributed by atoms with van der Waals surface area (Å²) in [6.45, 7) is 3.12. The number of carbonyl (C=O) groups is 2. The van der Waals surface area contributed by atoms with Gasteiger partial charge in [0.2, 0.25) is 5.91 Å². The average Bonchev–Trinajstić information content (AvgIpc) is 3.16. The summed E-state index contributed by atoms with van der Waals surface area (Å²) in [5.41, 5.74) is 6.66. The minimum absolute atomic E-state index is 0.0741. The Morgan fingerprint density at radius 2 is 2.05 bits per heavy atom. The van der Waals surface area contributed by atoms with Crippen LogP contribution in [0.3, 0.4) is 0 Å². The molecule has 3 amide bonds. The molecule has 3 rings (SSSR count). The van der Waals surface area contributed by atoms with E-state index in [1.165, 1.54) is 5.56 Å². The summed E-state index contributed by atoms with van der Waals surface area (Å²) in [5.74, 6) is 0.545. The number of primary amides is 1. The molecule has 3 N–H and O–H groups in total. The number of nitrogens with two attached hydrogens (primary N) is 1. The lowest BCUT2D eigenvalue weighted by Crippen LogP contribution is -2.44. The standard InChI is InChI=1S/C17H23N3O2/c1-11(14-9-15(14)12-5-3-2-4-6-12)19-17(22)20-8-7-13(10-20)16(18)21/h2-6,11,13-15H,7-10H2,1H3,(H2,18,21)(H,19,22)/t11-,13-,14-,15+/m0/s1. The van der Waals surface area contributed by atoms with Crippen LogP contribution in [0, 0.1) is 11.8 Å². The van der Waals surface area contributed by atoms with E-state index in [9.17, 15) is 9.59 Å². The van der Waals surface area contributed by atoms with Gasteiger partial charge in [0.1, 0.15) is 0 Å². The van der Waals surface area contributed by atoms with Crippen molar-refractivity contribution in [1.29, 1.82) is 0 Å². The zero-order valence-corrected chi connectivity index (χ0v) is 12.9. The smallest absolute Gasteiger partial charge is 0.317 e. The number of nitrogens with zero attached hydrogens (tertiary/aromatic N) is 1. The molecule has 1 heterocycles. The first-order chi connectivity index (χ1) is 10.6. The monoisotopic (exact) mass is 301 g/mol. The van der Waals surface area contributed by atoms with Crippen molar-refractivity contribution in [2.75, 3.05) is 13.1 Å². The molecule has 118 valence electrons. The molecular formula is C17H23N3O2. The van der Waals surface area contributed by atoms with Gasteiger partial charge in [-0.05, 0) is 37.2 Å². The number of hydrogen-bond donors (Lipinski definition) is 2. The molecular weight excluding hydrogens is 278 g/mol. The number of amides is 3. The number of rotatable bonds is 4. The van der Waals surface area contributed by atoms with E-state index in [1.54, 1.807) is 4.90 Å². The van der Waals surface area contributed by atoms with Crippen molar-refractivity contribution < 1.29 is 9.59 Å². The second kappa shape index (κ2) is 5.99. The molecule has 1 aromatic carbocycles. The summed E-state index contributed by atoms with van der Waals surface area (Å²) in [6, 6.07) is 10.5. The molecule has 22 heavy (non-hydrogen) atoms. The Bertz CT molecular complexity index is 560. The van der Waals surface area contributed by atoms with E-state index in [0.29, 0.717) is 31.3 Å². The summed E-state index contributed by atoms with van der Waals surface area (Å²) in [5, 5.41) is 3.08. The van der Waals surface area contributed by atoms with Gasteiger partial charge < -0.3 is 16.0 Å². The lowest BCUT2D eigenvalue weighted by atomic mass is 10.1. The SMILES string of the molecule is C[C@H](NC(=O)N1CC[C@H](C(N)=O)C1)[C@@H]1C[C@@H]1c1ccccc1. The van der Waals surface area contributed by atoms with Crippen LogP contribution in [0.15, 0.2) is 30.3 Å².